The summed E-state index contributed by atoms with van der Waals surface area (Å²) in [4.78, 5) is 34.7. The van der Waals surface area contributed by atoms with Gasteiger partial charge in [0.15, 0.2) is 5.78 Å². The van der Waals surface area contributed by atoms with Gasteiger partial charge in [-0.2, -0.15) is 0 Å². The number of carbonyl (C=O) groups excluding carboxylic acids is 2. The number of aliphatic imine (C=N–C) groups is 1. The second kappa shape index (κ2) is 7.28. The average molecular weight is 313 g/mol. The van der Waals surface area contributed by atoms with Crippen LogP contribution in [0.4, 0.5) is 0 Å². The van der Waals surface area contributed by atoms with Gasteiger partial charge in [-0.25, -0.2) is 4.99 Å². The number of morpholine rings is 1. The molecule has 0 amide bonds. The average Bonchev–Trinajstić information content (AvgIpc) is 2.56. The number of Topliss-reactive ketones (excluding diaryl/α,β-unsaturated/α-hetero) is 1. The van der Waals surface area contributed by atoms with Crippen LogP contribution in [-0.2, 0) is 20.7 Å². The van der Waals surface area contributed by atoms with Gasteiger partial charge in [0.05, 0.1) is 13.2 Å². The minimum atomic E-state index is 0.00525. The monoisotopic (exact) mass is 313 g/mol. The Morgan fingerprint density at radius 2 is 2.09 bits per heavy atom. The van der Waals surface area contributed by atoms with Crippen molar-refractivity contribution in [3.05, 3.63) is 42.0 Å². The van der Waals surface area contributed by atoms with Crippen molar-refractivity contribution in [2.75, 3.05) is 26.3 Å². The molecule has 6 heteroatoms. The molecule has 0 atom stereocenters. The van der Waals surface area contributed by atoms with Gasteiger partial charge in [-0.05, 0) is 11.6 Å². The van der Waals surface area contributed by atoms with Crippen LogP contribution in [-0.4, -0.2) is 53.5 Å². The summed E-state index contributed by atoms with van der Waals surface area (Å²) in [5, 5.41) is 0. The van der Waals surface area contributed by atoms with E-state index in [9.17, 15) is 9.59 Å². The molecule has 1 aromatic rings. The largest absolute Gasteiger partial charge is 0.378 e. The van der Waals surface area contributed by atoms with Gasteiger partial charge in [0.25, 0.3) is 0 Å². The predicted octanol–water partition coefficient (Wildman–Crippen LogP) is 1.17. The van der Waals surface area contributed by atoms with E-state index in [1.807, 2.05) is 17.0 Å². The Morgan fingerprint density at radius 3 is 2.83 bits per heavy atom. The van der Waals surface area contributed by atoms with Gasteiger partial charge < -0.3 is 9.64 Å². The molecule has 120 valence electrons. The van der Waals surface area contributed by atoms with Crippen LogP contribution in [0.5, 0.6) is 0 Å². The summed E-state index contributed by atoms with van der Waals surface area (Å²) in [5.74, 6) is 0.715. The van der Waals surface area contributed by atoms with Crippen LogP contribution in [0.3, 0.4) is 0 Å². The molecule has 0 N–H and O–H groups in total. The van der Waals surface area contributed by atoms with Crippen molar-refractivity contribution in [2.45, 2.75) is 19.3 Å². The topological polar surface area (TPSA) is 71.9 Å². The summed E-state index contributed by atoms with van der Waals surface area (Å²) in [6.07, 6.45) is 5.69. The Balaban J connectivity index is 1.64. The fourth-order valence-corrected chi connectivity index (χ4v) is 2.71. The fourth-order valence-electron chi connectivity index (χ4n) is 2.71. The molecular weight excluding hydrogens is 294 g/mol. The van der Waals surface area contributed by atoms with Gasteiger partial charge in [0.1, 0.15) is 11.6 Å². The zero-order valence-corrected chi connectivity index (χ0v) is 12.9. The molecule has 2 aliphatic heterocycles. The van der Waals surface area contributed by atoms with Gasteiger partial charge >= 0.3 is 0 Å². The molecule has 0 bridgehead atoms. The molecule has 2 aliphatic rings. The molecule has 0 aliphatic carbocycles. The lowest BCUT2D eigenvalue weighted by Crippen LogP contribution is -2.36. The second-order valence-corrected chi connectivity index (χ2v) is 5.68. The highest BCUT2D eigenvalue weighted by molar-refractivity contribution is 6.14. The summed E-state index contributed by atoms with van der Waals surface area (Å²) in [6, 6.07) is 3.68. The van der Waals surface area contributed by atoms with E-state index in [1.165, 1.54) is 0 Å². The standard InChI is InChI=1S/C17H19N3O3/c21-15(8-13-2-1-3-18-12-13)9-14-10-16(22)11-17(19-14)20-4-6-23-7-5-20/h1-3,11-12H,4-10H2. The van der Waals surface area contributed by atoms with Crippen molar-refractivity contribution in [2.24, 2.45) is 4.99 Å². The molecule has 23 heavy (non-hydrogen) atoms. The molecule has 0 saturated carbocycles. The zero-order chi connectivity index (χ0) is 16.1. The van der Waals surface area contributed by atoms with Crippen LogP contribution in [0.25, 0.3) is 0 Å². The van der Waals surface area contributed by atoms with E-state index in [-0.39, 0.29) is 24.4 Å². The first-order valence-corrected chi connectivity index (χ1v) is 7.75. The number of hydrogen-bond donors (Lipinski definition) is 0. The van der Waals surface area contributed by atoms with Crippen LogP contribution in [0, 0.1) is 0 Å². The van der Waals surface area contributed by atoms with E-state index in [0.29, 0.717) is 31.2 Å². The highest BCUT2D eigenvalue weighted by Gasteiger charge is 2.21. The van der Waals surface area contributed by atoms with Crippen LogP contribution >= 0.6 is 0 Å². The van der Waals surface area contributed by atoms with E-state index in [1.54, 1.807) is 18.5 Å². The molecule has 3 heterocycles. The lowest BCUT2D eigenvalue weighted by atomic mass is 10.0. The maximum absolute atomic E-state index is 12.2. The van der Waals surface area contributed by atoms with E-state index in [4.69, 9.17) is 4.74 Å². The number of allylic oxidation sites excluding steroid dienone is 1. The first kappa shape index (κ1) is 15.6. The number of rotatable bonds is 5. The van der Waals surface area contributed by atoms with E-state index in [2.05, 4.69) is 9.98 Å². The third kappa shape index (κ3) is 4.32. The number of nitrogens with zero attached hydrogens (tertiary/aromatic N) is 3. The molecule has 0 radical (unpaired) electrons. The first-order valence-electron chi connectivity index (χ1n) is 7.75. The van der Waals surface area contributed by atoms with Gasteiger partial charge in [-0.1, -0.05) is 6.07 Å². The molecule has 1 fully saturated rings. The number of ether oxygens (including phenoxy) is 1. The van der Waals surface area contributed by atoms with Crippen molar-refractivity contribution in [3.63, 3.8) is 0 Å². The van der Waals surface area contributed by atoms with Crippen LogP contribution in [0.1, 0.15) is 18.4 Å². The lowest BCUT2D eigenvalue weighted by molar-refractivity contribution is -0.117. The molecular formula is C17H19N3O3. The Kier molecular flexibility index (Phi) is 4.92. The van der Waals surface area contributed by atoms with Crippen molar-refractivity contribution >= 4 is 17.3 Å². The Labute approximate surface area is 134 Å². The van der Waals surface area contributed by atoms with Crippen LogP contribution in [0.2, 0.25) is 0 Å². The highest BCUT2D eigenvalue weighted by atomic mass is 16.5. The molecule has 3 rings (SSSR count). The number of pyridine rings is 1. The van der Waals surface area contributed by atoms with Crippen molar-refractivity contribution in [1.82, 2.24) is 9.88 Å². The summed E-state index contributed by atoms with van der Waals surface area (Å²) in [5.41, 5.74) is 1.53. The number of aromatic nitrogens is 1. The molecule has 0 unspecified atom stereocenters. The maximum atomic E-state index is 12.2. The normalized spacial score (nSPS) is 18.4. The summed E-state index contributed by atoms with van der Waals surface area (Å²) in [6.45, 7) is 2.71. The molecule has 1 saturated heterocycles. The van der Waals surface area contributed by atoms with Crippen molar-refractivity contribution in [1.29, 1.82) is 0 Å². The molecule has 0 spiro atoms. The van der Waals surface area contributed by atoms with Crippen LogP contribution < -0.4 is 0 Å². The summed E-state index contributed by atoms with van der Waals surface area (Å²) < 4.78 is 5.31. The van der Waals surface area contributed by atoms with E-state index >= 15 is 0 Å². The molecule has 0 aromatic carbocycles. The fraction of sp³-hybridized carbons (Fsp3) is 0.412. The van der Waals surface area contributed by atoms with Crippen LogP contribution in [0.15, 0.2) is 41.4 Å². The smallest absolute Gasteiger partial charge is 0.164 e. The summed E-state index contributed by atoms with van der Waals surface area (Å²) >= 11 is 0. The summed E-state index contributed by atoms with van der Waals surface area (Å²) in [7, 11) is 0. The highest BCUT2D eigenvalue weighted by Crippen LogP contribution is 2.17. The Bertz CT molecular complexity index is 646. The van der Waals surface area contributed by atoms with E-state index in [0.717, 1.165) is 18.7 Å². The predicted molar refractivity (Wildman–Crippen MR) is 85.1 cm³/mol. The SMILES string of the molecule is O=C1C=C(N2CCOCC2)N=C(CC(=O)Cc2cccnc2)C1. The molecule has 6 nitrogen and oxygen atoms in total. The van der Waals surface area contributed by atoms with E-state index < -0.39 is 0 Å². The third-order valence-corrected chi connectivity index (χ3v) is 3.80. The minimum Gasteiger partial charge on any atom is -0.378 e. The van der Waals surface area contributed by atoms with Crippen molar-refractivity contribution in [3.8, 4) is 0 Å². The Hall–Kier alpha value is -2.34. The number of ketones is 2. The Morgan fingerprint density at radius 1 is 1.26 bits per heavy atom. The second-order valence-electron chi connectivity index (χ2n) is 5.68. The minimum absolute atomic E-state index is 0.00525. The quantitative estimate of drug-likeness (QED) is 0.816. The third-order valence-electron chi connectivity index (χ3n) is 3.80. The maximum Gasteiger partial charge on any atom is 0.164 e. The lowest BCUT2D eigenvalue weighted by Gasteiger charge is -2.30. The van der Waals surface area contributed by atoms with Gasteiger partial charge in [-0.15, -0.1) is 0 Å². The van der Waals surface area contributed by atoms with Crippen molar-refractivity contribution < 1.29 is 14.3 Å². The number of carbonyl (C=O) groups is 2. The van der Waals surface area contributed by atoms with Gasteiger partial charge in [0.2, 0.25) is 0 Å². The first-order chi connectivity index (χ1) is 11.2. The number of hydrogen-bond acceptors (Lipinski definition) is 6. The zero-order valence-electron chi connectivity index (χ0n) is 12.9. The van der Waals surface area contributed by atoms with Gasteiger partial charge in [-0.3, -0.25) is 14.6 Å². The molecule has 1 aromatic heterocycles. The van der Waals surface area contributed by atoms with Gasteiger partial charge in [0, 0.05) is 56.5 Å².